The first-order valence-electron chi connectivity index (χ1n) is 6.52. The third kappa shape index (κ3) is 2.77. The second-order valence-electron chi connectivity index (χ2n) is 5.05. The summed E-state index contributed by atoms with van der Waals surface area (Å²) in [6, 6.07) is 9.31. The summed E-state index contributed by atoms with van der Waals surface area (Å²) in [7, 11) is 0. The number of nitrogens with zero attached hydrogens (tertiary/aromatic N) is 2. The maximum absolute atomic E-state index is 12.7. The maximum Gasteiger partial charge on any atom is 0.416 e. The van der Waals surface area contributed by atoms with E-state index >= 15 is 0 Å². The van der Waals surface area contributed by atoms with Crippen molar-refractivity contribution in [3.8, 4) is 0 Å². The number of fused-ring (bicyclic) bond motifs is 1. The SMILES string of the molecule is Cc1ccn2c(Cc3cccc(C(F)(F)F)c3)ncc2c1. The highest BCUT2D eigenvalue weighted by molar-refractivity contribution is 5.48. The van der Waals surface area contributed by atoms with Crippen LogP contribution in [0.3, 0.4) is 0 Å². The van der Waals surface area contributed by atoms with E-state index in [1.165, 1.54) is 12.1 Å². The van der Waals surface area contributed by atoms with Crippen LogP contribution in [0, 0.1) is 6.92 Å². The maximum atomic E-state index is 12.7. The lowest BCUT2D eigenvalue weighted by molar-refractivity contribution is -0.137. The number of alkyl halides is 3. The van der Waals surface area contributed by atoms with Crippen LogP contribution in [-0.2, 0) is 12.6 Å². The number of hydrogen-bond acceptors (Lipinski definition) is 1. The van der Waals surface area contributed by atoms with Crippen molar-refractivity contribution in [1.29, 1.82) is 0 Å². The zero-order valence-corrected chi connectivity index (χ0v) is 11.4. The van der Waals surface area contributed by atoms with Crippen LogP contribution >= 0.6 is 0 Å². The molecule has 2 aromatic heterocycles. The number of aryl methyl sites for hydroxylation is 1. The second-order valence-corrected chi connectivity index (χ2v) is 5.05. The van der Waals surface area contributed by atoms with Crippen molar-refractivity contribution in [2.45, 2.75) is 19.5 Å². The molecular weight excluding hydrogens is 277 g/mol. The largest absolute Gasteiger partial charge is 0.416 e. The minimum absolute atomic E-state index is 0.362. The zero-order valence-electron chi connectivity index (χ0n) is 11.4. The van der Waals surface area contributed by atoms with E-state index in [2.05, 4.69) is 4.98 Å². The molecule has 2 heterocycles. The molecule has 3 aromatic rings. The normalized spacial score (nSPS) is 12.0. The molecule has 0 atom stereocenters. The Morgan fingerprint density at radius 2 is 1.95 bits per heavy atom. The van der Waals surface area contributed by atoms with Crippen LogP contribution in [0.1, 0.15) is 22.5 Å². The van der Waals surface area contributed by atoms with Crippen LogP contribution in [0.5, 0.6) is 0 Å². The van der Waals surface area contributed by atoms with Gasteiger partial charge in [-0.25, -0.2) is 4.98 Å². The van der Waals surface area contributed by atoms with Gasteiger partial charge in [-0.1, -0.05) is 18.2 Å². The quantitative estimate of drug-likeness (QED) is 0.689. The van der Waals surface area contributed by atoms with E-state index in [4.69, 9.17) is 0 Å². The van der Waals surface area contributed by atoms with Crippen LogP contribution in [0.15, 0.2) is 48.8 Å². The Bertz CT molecular complexity index is 788. The smallest absolute Gasteiger partial charge is 0.303 e. The van der Waals surface area contributed by atoms with Crippen LogP contribution in [0.2, 0.25) is 0 Å². The van der Waals surface area contributed by atoms with Crippen LogP contribution < -0.4 is 0 Å². The summed E-state index contributed by atoms with van der Waals surface area (Å²) in [5, 5.41) is 0. The average molecular weight is 290 g/mol. The number of hydrogen-bond donors (Lipinski definition) is 0. The fourth-order valence-electron chi connectivity index (χ4n) is 2.34. The van der Waals surface area contributed by atoms with Gasteiger partial charge < -0.3 is 4.40 Å². The fourth-order valence-corrected chi connectivity index (χ4v) is 2.34. The molecule has 0 N–H and O–H groups in total. The summed E-state index contributed by atoms with van der Waals surface area (Å²) < 4.78 is 40.1. The first-order valence-corrected chi connectivity index (χ1v) is 6.52. The number of aromatic nitrogens is 2. The van der Waals surface area contributed by atoms with E-state index in [1.54, 1.807) is 12.3 Å². The molecule has 0 saturated carbocycles. The molecular formula is C16H13F3N2. The van der Waals surface area contributed by atoms with Gasteiger partial charge in [0.05, 0.1) is 17.3 Å². The molecule has 0 radical (unpaired) electrons. The Labute approximate surface area is 119 Å². The molecule has 108 valence electrons. The number of halogens is 3. The second kappa shape index (κ2) is 4.91. The molecule has 0 unspecified atom stereocenters. The number of imidazole rings is 1. The van der Waals surface area contributed by atoms with Crippen molar-refractivity contribution < 1.29 is 13.2 Å². The molecule has 0 aliphatic carbocycles. The van der Waals surface area contributed by atoms with E-state index in [9.17, 15) is 13.2 Å². The van der Waals surface area contributed by atoms with Crippen LogP contribution in [-0.4, -0.2) is 9.38 Å². The van der Waals surface area contributed by atoms with Gasteiger partial charge in [-0.05, 0) is 36.2 Å². The molecule has 0 saturated heterocycles. The summed E-state index contributed by atoms with van der Waals surface area (Å²) in [4.78, 5) is 4.31. The van der Waals surface area contributed by atoms with Crippen molar-refractivity contribution in [3.63, 3.8) is 0 Å². The lowest BCUT2D eigenvalue weighted by Crippen LogP contribution is -2.06. The van der Waals surface area contributed by atoms with Gasteiger partial charge in [0, 0.05) is 12.6 Å². The topological polar surface area (TPSA) is 17.3 Å². The van der Waals surface area contributed by atoms with Gasteiger partial charge in [-0.2, -0.15) is 13.2 Å². The molecule has 5 heteroatoms. The highest BCUT2D eigenvalue weighted by atomic mass is 19.4. The van der Waals surface area contributed by atoms with E-state index in [0.717, 1.165) is 23.0 Å². The number of pyridine rings is 1. The van der Waals surface area contributed by atoms with Gasteiger partial charge >= 0.3 is 6.18 Å². The Hall–Kier alpha value is -2.30. The molecule has 21 heavy (non-hydrogen) atoms. The van der Waals surface area contributed by atoms with Gasteiger partial charge in [0.2, 0.25) is 0 Å². The standard InChI is InChI=1S/C16H13F3N2/c1-11-5-6-21-14(7-11)10-20-15(21)9-12-3-2-4-13(8-12)16(17,18)19/h2-8,10H,9H2,1H3. The highest BCUT2D eigenvalue weighted by Gasteiger charge is 2.30. The minimum atomic E-state index is -4.32. The Kier molecular flexibility index (Phi) is 3.20. The predicted molar refractivity (Wildman–Crippen MR) is 74.2 cm³/mol. The summed E-state index contributed by atoms with van der Waals surface area (Å²) in [6.45, 7) is 1.99. The summed E-state index contributed by atoms with van der Waals surface area (Å²) >= 11 is 0. The predicted octanol–water partition coefficient (Wildman–Crippen LogP) is 4.25. The zero-order chi connectivity index (χ0) is 15.0. The molecule has 0 fully saturated rings. The van der Waals surface area contributed by atoms with E-state index in [1.807, 2.05) is 29.7 Å². The van der Waals surface area contributed by atoms with Crippen molar-refractivity contribution in [2.75, 3.05) is 0 Å². The summed E-state index contributed by atoms with van der Waals surface area (Å²) in [6.07, 6.45) is -0.334. The first kappa shape index (κ1) is 13.7. The first-order chi connectivity index (χ1) is 9.93. The van der Waals surface area contributed by atoms with Crippen LogP contribution in [0.25, 0.3) is 5.52 Å². The van der Waals surface area contributed by atoms with E-state index in [-0.39, 0.29) is 0 Å². The van der Waals surface area contributed by atoms with E-state index in [0.29, 0.717) is 12.0 Å². The Morgan fingerprint density at radius 3 is 2.71 bits per heavy atom. The molecule has 1 aromatic carbocycles. The lowest BCUT2D eigenvalue weighted by Gasteiger charge is -2.08. The minimum Gasteiger partial charge on any atom is -0.303 e. The molecule has 0 aliphatic heterocycles. The molecule has 2 nitrogen and oxygen atoms in total. The van der Waals surface area contributed by atoms with Crippen molar-refractivity contribution in [1.82, 2.24) is 9.38 Å². The molecule has 0 amide bonds. The highest BCUT2D eigenvalue weighted by Crippen LogP contribution is 2.30. The van der Waals surface area contributed by atoms with Crippen molar-refractivity contribution >= 4 is 5.52 Å². The average Bonchev–Trinajstić information content (AvgIpc) is 2.80. The number of benzene rings is 1. The van der Waals surface area contributed by atoms with Gasteiger partial charge in [-0.15, -0.1) is 0 Å². The van der Waals surface area contributed by atoms with Gasteiger partial charge in [-0.3, -0.25) is 0 Å². The van der Waals surface area contributed by atoms with Gasteiger partial charge in [0.15, 0.2) is 0 Å². The lowest BCUT2D eigenvalue weighted by atomic mass is 10.1. The van der Waals surface area contributed by atoms with Gasteiger partial charge in [0.25, 0.3) is 0 Å². The fraction of sp³-hybridized carbons (Fsp3) is 0.188. The van der Waals surface area contributed by atoms with E-state index < -0.39 is 11.7 Å². The molecule has 3 rings (SSSR count). The van der Waals surface area contributed by atoms with Crippen molar-refractivity contribution in [3.05, 3.63) is 71.3 Å². The summed E-state index contributed by atoms with van der Waals surface area (Å²) in [5.74, 6) is 0.726. The Balaban J connectivity index is 1.95. The molecule has 0 aliphatic rings. The third-order valence-corrected chi connectivity index (χ3v) is 3.38. The van der Waals surface area contributed by atoms with Gasteiger partial charge in [0.1, 0.15) is 5.82 Å². The monoisotopic (exact) mass is 290 g/mol. The summed E-state index contributed by atoms with van der Waals surface area (Å²) in [5.41, 5.74) is 2.03. The Morgan fingerprint density at radius 1 is 1.14 bits per heavy atom. The van der Waals surface area contributed by atoms with Crippen molar-refractivity contribution in [2.24, 2.45) is 0 Å². The number of rotatable bonds is 2. The molecule has 0 bridgehead atoms. The molecule has 0 spiro atoms. The third-order valence-electron chi connectivity index (χ3n) is 3.38. The van der Waals surface area contributed by atoms with Crippen LogP contribution in [0.4, 0.5) is 13.2 Å².